The van der Waals surface area contributed by atoms with E-state index in [1.807, 2.05) is 0 Å². The maximum absolute atomic E-state index is 4.00. The van der Waals surface area contributed by atoms with Crippen LogP contribution in [0.3, 0.4) is 0 Å². The predicted molar refractivity (Wildman–Crippen MR) is 171 cm³/mol. The molecule has 0 fully saturated rings. The summed E-state index contributed by atoms with van der Waals surface area (Å²) in [7, 11) is 0. The molecule has 4 aliphatic rings. The van der Waals surface area contributed by atoms with Gasteiger partial charge in [-0.1, -0.05) is 0 Å². The van der Waals surface area contributed by atoms with Crippen LogP contribution in [0, 0.1) is 0 Å². The van der Waals surface area contributed by atoms with Gasteiger partial charge in [-0.25, -0.2) is 0 Å². The minimum atomic E-state index is -4.00. The molecule has 0 bridgehead atoms. The van der Waals surface area contributed by atoms with E-state index in [-0.39, 0.29) is 21.7 Å². The van der Waals surface area contributed by atoms with Crippen molar-refractivity contribution in [2.75, 3.05) is 0 Å². The average Bonchev–Trinajstić information content (AvgIpc) is 3.83. The average molecular weight is 656 g/mol. The topological polar surface area (TPSA) is 19.7 Å². The van der Waals surface area contributed by atoms with Gasteiger partial charge in [-0.15, -0.1) is 0 Å². The summed E-state index contributed by atoms with van der Waals surface area (Å²) in [6.07, 6.45) is 9.11. The molecule has 0 radical (unpaired) electrons. The van der Waals surface area contributed by atoms with Crippen LogP contribution in [0.15, 0.2) is 48.5 Å². The van der Waals surface area contributed by atoms with Crippen molar-refractivity contribution in [3.8, 4) is 0 Å². The van der Waals surface area contributed by atoms with E-state index in [2.05, 4.69) is 115 Å². The first kappa shape index (κ1) is 26.5. The molecule has 216 valence electrons. The monoisotopic (exact) mass is 656 g/mol. The molecule has 4 aromatic heterocycles. The van der Waals surface area contributed by atoms with Gasteiger partial charge < -0.3 is 0 Å². The van der Waals surface area contributed by atoms with Crippen molar-refractivity contribution in [1.29, 1.82) is 0 Å². The summed E-state index contributed by atoms with van der Waals surface area (Å²) in [4.78, 5) is 0. The summed E-state index contributed by atoms with van der Waals surface area (Å²) in [5, 5.41) is 0. The van der Waals surface area contributed by atoms with E-state index in [0.29, 0.717) is 0 Å². The van der Waals surface area contributed by atoms with Crippen LogP contribution >= 0.6 is 0 Å². The van der Waals surface area contributed by atoms with Crippen LogP contribution in [0.5, 0.6) is 0 Å². The van der Waals surface area contributed by atoms with Gasteiger partial charge in [-0.2, -0.15) is 0 Å². The number of hydrogen-bond donors (Lipinski definition) is 0. The second kappa shape index (κ2) is 8.09. The zero-order valence-corrected chi connectivity index (χ0v) is 29.4. The molecule has 0 unspecified atom stereocenters. The molecule has 0 saturated heterocycles. The van der Waals surface area contributed by atoms with Gasteiger partial charge in [-0.3, -0.25) is 0 Å². The molecule has 0 aromatic carbocycles. The standard InChI is InChI=1S/C36H48N4.Sn/c1-9-33(10-2)25-17-19-27(37-25)34(11-3,12-4)29-21-23-31(39-29)36(15-7,16-8)32-24-22-30(40-32)35(13-5,14-6)28-20-18-26(33)38-28;/h17-24H,9-16H2,1-8H3;/q-4;+4. The van der Waals surface area contributed by atoms with E-state index in [0.717, 1.165) is 51.4 Å². The Morgan fingerprint density at radius 3 is 0.610 bits per heavy atom. The molecule has 5 heteroatoms. The SMILES string of the molecule is CCC1(CC)c2ccc3[n]2[Sn]24[n]5c1ccc5C(CC)(CC)c1ccc([n]12)C(CC)(CC)c1ccc([n]14)C3(CC)CC. The number of aromatic nitrogens is 4. The molecule has 0 amide bonds. The molecule has 8 rings (SSSR count). The molecule has 41 heavy (non-hydrogen) atoms. The second-order valence-electron chi connectivity index (χ2n) is 13.5. The number of hydrogen-bond acceptors (Lipinski definition) is 0. The first-order valence-electron chi connectivity index (χ1n) is 16.8. The molecule has 4 aromatic rings. The first-order valence-corrected chi connectivity index (χ1v) is 21.9. The Bertz CT molecular complexity index is 1350. The van der Waals surface area contributed by atoms with Gasteiger partial charge >= 0.3 is 253 Å². The second-order valence-corrected chi connectivity index (χ2v) is 22.0. The van der Waals surface area contributed by atoms with E-state index in [1.165, 1.54) is 0 Å². The van der Waals surface area contributed by atoms with Gasteiger partial charge in [0.1, 0.15) is 0 Å². The van der Waals surface area contributed by atoms with E-state index in [4.69, 9.17) is 0 Å². The molecule has 1 spiro atoms. The maximum atomic E-state index is 3.10. The van der Waals surface area contributed by atoms with Crippen molar-refractivity contribution in [1.82, 2.24) is 11.2 Å². The zero-order chi connectivity index (χ0) is 28.7. The summed E-state index contributed by atoms with van der Waals surface area (Å²) in [5.74, 6) is 0. The van der Waals surface area contributed by atoms with Crippen molar-refractivity contribution in [2.24, 2.45) is 0 Å². The quantitative estimate of drug-likeness (QED) is 0.170. The van der Waals surface area contributed by atoms with Crippen molar-refractivity contribution >= 4 is 19.5 Å². The van der Waals surface area contributed by atoms with Crippen LogP contribution in [0.2, 0.25) is 0 Å². The van der Waals surface area contributed by atoms with E-state index in [1.54, 1.807) is 45.6 Å². The summed E-state index contributed by atoms with van der Waals surface area (Å²) in [5.41, 5.74) is 13.0. The van der Waals surface area contributed by atoms with Crippen LogP contribution in [-0.2, 0) is 21.7 Å². The minimum absolute atomic E-state index is 0.0405. The fraction of sp³-hybridized carbons (Fsp3) is 0.556. The molecule has 0 aliphatic carbocycles. The molecular weight excluding hydrogens is 607 g/mol. The number of rotatable bonds is 8. The Kier molecular flexibility index (Phi) is 5.24. The number of nitrogens with zero attached hydrogens (tertiary/aromatic N) is 4. The predicted octanol–water partition coefficient (Wildman–Crippen LogP) is 8.50. The molecule has 0 saturated carbocycles. The summed E-state index contributed by atoms with van der Waals surface area (Å²) in [6, 6.07) is 20.7. The zero-order valence-electron chi connectivity index (χ0n) is 26.6. The summed E-state index contributed by atoms with van der Waals surface area (Å²) >= 11 is -4.00. The van der Waals surface area contributed by atoms with Crippen LogP contribution in [-0.4, -0.2) is 30.6 Å². The third-order valence-corrected chi connectivity index (χ3v) is 25.8. The van der Waals surface area contributed by atoms with Crippen LogP contribution in [0.4, 0.5) is 0 Å². The summed E-state index contributed by atoms with van der Waals surface area (Å²) in [6.45, 7) is 19.6. The Morgan fingerprint density at radius 2 is 0.488 bits per heavy atom. The molecule has 0 atom stereocenters. The Balaban J connectivity index is 1.69. The van der Waals surface area contributed by atoms with Gasteiger partial charge in [-0.05, 0) is 0 Å². The molecular formula is C36H48N4Sn. The fourth-order valence-corrected chi connectivity index (χ4v) is 28.4. The van der Waals surface area contributed by atoms with Gasteiger partial charge in [0, 0.05) is 0 Å². The van der Waals surface area contributed by atoms with E-state index >= 15 is 0 Å². The van der Waals surface area contributed by atoms with Crippen LogP contribution in [0.25, 0.3) is 0 Å². The van der Waals surface area contributed by atoms with Crippen molar-refractivity contribution in [2.45, 2.75) is 128 Å². The van der Waals surface area contributed by atoms with E-state index < -0.39 is 19.5 Å². The normalized spacial score (nSPS) is 21.5. The van der Waals surface area contributed by atoms with Crippen LogP contribution in [0.1, 0.15) is 152 Å². The van der Waals surface area contributed by atoms with Crippen molar-refractivity contribution < 1.29 is 0 Å². The van der Waals surface area contributed by atoms with Gasteiger partial charge in [0.15, 0.2) is 0 Å². The Hall–Kier alpha value is -2.08. The third kappa shape index (κ3) is 2.30. The van der Waals surface area contributed by atoms with Gasteiger partial charge in [0.05, 0.1) is 0 Å². The van der Waals surface area contributed by atoms with Gasteiger partial charge in [0.25, 0.3) is 0 Å². The fourth-order valence-electron chi connectivity index (χ4n) is 11.1. The third-order valence-electron chi connectivity index (χ3n) is 13.5. The molecule has 4 aliphatic heterocycles. The molecule has 0 N–H and O–H groups in total. The first-order chi connectivity index (χ1) is 19.9. The van der Waals surface area contributed by atoms with Crippen molar-refractivity contribution in [3.63, 3.8) is 0 Å². The molecule has 8 heterocycles. The van der Waals surface area contributed by atoms with E-state index in [9.17, 15) is 0 Å². The molecule has 4 nitrogen and oxygen atoms in total. The van der Waals surface area contributed by atoms with Crippen molar-refractivity contribution in [3.05, 3.63) is 94.1 Å². The van der Waals surface area contributed by atoms with Crippen LogP contribution < -0.4 is 0 Å². The van der Waals surface area contributed by atoms with Gasteiger partial charge in [0.2, 0.25) is 0 Å². The summed E-state index contributed by atoms with van der Waals surface area (Å²) < 4.78 is 12.4. The Labute approximate surface area is 252 Å². The Morgan fingerprint density at radius 1 is 0.341 bits per heavy atom.